The van der Waals surface area contributed by atoms with Crippen molar-refractivity contribution in [2.24, 2.45) is 0 Å². The van der Waals surface area contributed by atoms with E-state index in [4.69, 9.17) is 9.47 Å². The number of piperazine rings is 1. The van der Waals surface area contributed by atoms with Gasteiger partial charge in [-0.15, -0.1) is 0 Å². The zero-order valence-corrected chi connectivity index (χ0v) is 21.1. The molecule has 9 nitrogen and oxygen atoms in total. The second-order valence-electron chi connectivity index (χ2n) is 10.2. The van der Waals surface area contributed by atoms with Crippen molar-refractivity contribution >= 4 is 28.7 Å². The minimum atomic E-state index is -1.01. The molecule has 3 aromatic carbocycles. The van der Waals surface area contributed by atoms with Crippen molar-refractivity contribution in [3.63, 3.8) is 0 Å². The second-order valence-corrected chi connectivity index (χ2v) is 10.2. The van der Waals surface area contributed by atoms with Gasteiger partial charge >= 0.3 is 5.97 Å². The van der Waals surface area contributed by atoms with Crippen LogP contribution in [0.5, 0.6) is 11.5 Å². The Morgan fingerprint density at radius 3 is 2.56 bits per heavy atom. The molecule has 3 aliphatic rings. The molecule has 3 atom stereocenters. The lowest BCUT2D eigenvalue weighted by Crippen LogP contribution is -2.66. The number of H-pyrrole nitrogens is 1. The maximum atomic E-state index is 14.3. The van der Waals surface area contributed by atoms with Gasteiger partial charge < -0.3 is 29.4 Å². The zero-order chi connectivity index (χ0) is 26.8. The van der Waals surface area contributed by atoms with Gasteiger partial charge in [0.2, 0.25) is 18.6 Å². The Hall–Kier alpha value is -4.79. The molecule has 9 heteroatoms. The number of rotatable bonds is 4. The van der Waals surface area contributed by atoms with Crippen molar-refractivity contribution in [1.82, 2.24) is 14.8 Å². The number of carboxylic acid groups (broad SMARTS) is 1. The lowest BCUT2D eigenvalue weighted by molar-refractivity contribution is -0.163. The van der Waals surface area contributed by atoms with Gasteiger partial charge in [-0.2, -0.15) is 0 Å². The fourth-order valence-electron chi connectivity index (χ4n) is 6.14. The Labute approximate surface area is 223 Å². The standard InChI is InChI=1S/C30H25N3O6/c1-32-22(12-16-6-8-17(9-7-16)30(36)37)29(35)33-23(28(32)34)14-20-19-4-2-3-5-21(19)31-26(20)27(33)18-10-11-24-25(13-18)39-15-38-24/h2-11,13,22-23,27,31H,12,14-15H2,1H3,(H,36,37)/t22?,23?,27-/m1/s1. The summed E-state index contributed by atoms with van der Waals surface area (Å²) in [5.74, 6) is -0.0408. The summed E-state index contributed by atoms with van der Waals surface area (Å²) in [7, 11) is 1.67. The van der Waals surface area contributed by atoms with Gasteiger partial charge in [-0.1, -0.05) is 36.4 Å². The van der Waals surface area contributed by atoms with Crippen LogP contribution in [0.3, 0.4) is 0 Å². The first-order chi connectivity index (χ1) is 18.9. The SMILES string of the molecule is CN1C(=O)C2Cc3c([nH]c4ccccc34)[C@@H](c3ccc4c(c3)OCO4)N2C(=O)C1Cc1ccc(C(=O)O)cc1. The molecule has 4 heterocycles. The zero-order valence-electron chi connectivity index (χ0n) is 21.1. The first-order valence-electron chi connectivity index (χ1n) is 12.8. The number of amides is 2. The average molecular weight is 524 g/mol. The van der Waals surface area contributed by atoms with Crippen molar-refractivity contribution in [3.05, 3.63) is 94.7 Å². The number of nitrogens with one attached hydrogen (secondary N) is 1. The van der Waals surface area contributed by atoms with Gasteiger partial charge in [-0.3, -0.25) is 9.59 Å². The molecule has 196 valence electrons. The van der Waals surface area contributed by atoms with E-state index in [0.29, 0.717) is 17.9 Å². The maximum Gasteiger partial charge on any atom is 0.335 e. The van der Waals surface area contributed by atoms with E-state index < -0.39 is 24.1 Å². The molecule has 7 rings (SSSR count). The van der Waals surface area contributed by atoms with E-state index in [9.17, 15) is 19.5 Å². The highest BCUT2D eigenvalue weighted by Crippen LogP contribution is 2.45. The Balaban J connectivity index is 1.34. The number of likely N-dealkylation sites (N-methyl/N-ethyl adjacent to an activating group) is 1. The molecule has 0 aliphatic carbocycles. The fraction of sp³-hybridized carbons (Fsp3) is 0.233. The smallest absolute Gasteiger partial charge is 0.335 e. The lowest BCUT2D eigenvalue weighted by atomic mass is 9.84. The first kappa shape index (κ1) is 23.3. The van der Waals surface area contributed by atoms with E-state index in [1.807, 2.05) is 42.5 Å². The molecule has 1 saturated heterocycles. The van der Waals surface area contributed by atoms with Crippen LogP contribution in [0.1, 0.15) is 38.8 Å². The van der Waals surface area contributed by atoms with E-state index in [1.165, 1.54) is 12.1 Å². The van der Waals surface area contributed by atoms with E-state index in [0.717, 1.165) is 33.3 Å². The highest BCUT2D eigenvalue weighted by atomic mass is 16.7. The van der Waals surface area contributed by atoms with Crippen LogP contribution in [0.4, 0.5) is 0 Å². The van der Waals surface area contributed by atoms with Crippen LogP contribution >= 0.6 is 0 Å². The quantitative estimate of drug-likeness (QED) is 0.423. The molecule has 3 aliphatic heterocycles. The van der Waals surface area contributed by atoms with Crippen LogP contribution < -0.4 is 9.47 Å². The number of para-hydroxylation sites is 1. The molecule has 0 radical (unpaired) electrons. The number of aromatic amines is 1. The van der Waals surface area contributed by atoms with Crippen LogP contribution in [0, 0.1) is 0 Å². The van der Waals surface area contributed by atoms with Gasteiger partial charge in [-0.05, 0) is 47.0 Å². The monoisotopic (exact) mass is 523 g/mol. The fourth-order valence-corrected chi connectivity index (χ4v) is 6.14. The molecule has 39 heavy (non-hydrogen) atoms. The van der Waals surface area contributed by atoms with Crippen molar-refractivity contribution in [1.29, 1.82) is 0 Å². The van der Waals surface area contributed by atoms with E-state index in [1.54, 1.807) is 29.0 Å². The average Bonchev–Trinajstić information content (AvgIpc) is 3.57. The number of aromatic nitrogens is 1. The number of hydrogen-bond donors (Lipinski definition) is 2. The summed E-state index contributed by atoms with van der Waals surface area (Å²) in [6.45, 7) is 0.137. The molecule has 1 fully saturated rings. The van der Waals surface area contributed by atoms with Gasteiger partial charge in [0.1, 0.15) is 12.1 Å². The van der Waals surface area contributed by atoms with Crippen molar-refractivity contribution in [3.8, 4) is 11.5 Å². The summed E-state index contributed by atoms with van der Waals surface area (Å²) < 4.78 is 11.2. The highest BCUT2D eigenvalue weighted by Gasteiger charge is 2.51. The third-order valence-electron chi connectivity index (χ3n) is 8.11. The molecule has 0 saturated carbocycles. The number of carboxylic acids is 1. The maximum absolute atomic E-state index is 14.3. The van der Waals surface area contributed by atoms with Gasteiger partial charge in [0.15, 0.2) is 11.5 Å². The number of aromatic carboxylic acids is 1. The highest BCUT2D eigenvalue weighted by molar-refractivity contribution is 5.99. The van der Waals surface area contributed by atoms with Crippen LogP contribution in [-0.4, -0.2) is 63.6 Å². The molecule has 2 N–H and O–H groups in total. The number of ether oxygens (including phenoxy) is 2. The van der Waals surface area contributed by atoms with E-state index in [2.05, 4.69) is 4.98 Å². The van der Waals surface area contributed by atoms with E-state index in [-0.39, 0.29) is 30.6 Å². The predicted molar refractivity (Wildman–Crippen MR) is 141 cm³/mol. The summed E-state index contributed by atoms with van der Waals surface area (Å²) in [6.07, 6.45) is 0.687. The number of hydrogen-bond acceptors (Lipinski definition) is 5. The Morgan fingerprint density at radius 2 is 1.77 bits per heavy atom. The van der Waals surface area contributed by atoms with Crippen LogP contribution in [-0.2, 0) is 22.4 Å². The topological polar surface area (TPSA) is 112 Å². The van der Waals surface area contributed by atoms with Gasteiger partial charge in [0.25, 0.3) is 0 Å². The van der Waals surface area contributed by atoms with Gasteiger partial charge in [0.05, 0.1) is 11.6 Å². The summed E-state index contributed by atoms with van der Waals surface area (Å²) in [4.78, 5) is 46.3. The minimum Gasteiger partial charge on any atom is -0.478 e. The van der Waals surface area contributed by atoms with Crippen molar-refractivity contribution in [2.45, 2.75) is 31.0 Å². The van der Waals surface area contributed by atoms with Gasteiger partial charge in [-0.25, -0.2) is 4.79 Å². The molecule has 4 aromatic rings. The number of carbonyl (C=O) groups excluding carboxylic acids is 2. The number of nitrogens with zero attached hydrogens (tertiary/aromatic N) is 2. The Morgan fingerprint density at radius 1 is 1.00 bits per heavy atom. The largest absolute Gasteiger partial charge is 0.478 e. The number of carbonyl (C=O) groups is 3. The molecule has 2 amide bonds. The third-order valence-corrected chi connectivity index (χ3v) is 8.11. The normalized spacial score (nSPS) is 21.7. The summed E-state index contributed by atoms with van der Waals surface area (Å²) in [6, 6.07) is 18.1. The number of benzene rings is 3. The predicted octanol–water partition coefficient (Wildman–Crippen LogP) is 3.52. The summed E-state index contributed by atoms with van der Waals surface area (Å²) in [5.41, 5.74) is 4.65. The molecular weight excluding hydrogens is 498 g/mol. The van der Waals surface area contributed by atoms with Crippen molar-refractivity contribution in [2.75, 3.05) is 13.8 Å². The Bertz CT molecular complexity index is 1660. The molecule has 0 spiro atoms. The lowest BCUT2D eigenvalue weighted by Gasteiger charge is -2.49. The van der Waals surface area contributed by atoms with Gasteiger partial charge in [0, 0.05) is 36.5 Å². The Kier molecular flexibility index (Phi) is 5.16. The molecule has 0 bridgehead atoms. The second kappa shape index (κ2) is 8.62. The molecule has 1 aromatic heterocycles. The third kappa shape index (κ3) is 3.57. The molecule has 2 unspecified atom stereocenters. The van der Waals surface area contributed by atoms with Crippen LogP contribution in [0.25, 0.3) is 10.9 Å². The van der Waals surface area contributed by atoms with Crippen LogP contribution in [0.15, 0.2) is 66.7 Å². The number of fused-ring (bicyclic) bond motifs is 5. The summed E-state index contributed by atoms with van der Waals surface area (Å²) >= 11 is 0. The summed E-state index contributed by atoms with van der Waals surface area (Å²) in [5, 5.41) is 10.3. The molecular formula is C30H25N3O6. The first-order valence-corrected chi connectivity index (χ1v) is 12.8. The van der Waals surface area contributed by atoms with E-state index >= 15 is 0 Å². The van der Waals surface area contributed by atoms with Crippen LogP contribution in [0.2, 0.25) is 0 Å². The minimum absolute atomic E-state index is 0.122. The van der Waals surface area contributed by atoms with Crippen molar-refractivity contribution < 1.29 is 29.0 Å².